The third kappa shape index (κ3) is 3.91. The van der Waals surface area contributed by atoms with E-state index in [2.05, 4.69) is 5.10 Å². The van der Waals surface area contributed by atoms with Crippen molar-refractivity contribution in [2.45, 2.75) is 12.7 Å². The molecule has 0 amide bonds. The molecule has 0 spiro atoms. The topological polar surface area (TPSA) is 99.1 Å². The summed E-state index contributed by atoms with van der Waals surface area (Å²) < 4.78 is 42.7. The van der Waals surface area contributed by atoms with Crippen LogP contribution in [0.25, 0.3) is 16.6 Å². The van der Waals surface area contributed by atoms with Crippen LogP contribution in [0.1, 0.15) is 21.5 Å². The maximum absolute atomic E-state index is 13.2. The van der Waals surface area contributed by atoms with Gasteiger partial charge in [-0.1, -0.05) is 23.7 Å². The van der Waals surface area contributed by atoms with Crippen molar-refractivity contribution in [1.82, 2.24) is 18.9 Å². The molecule has 0 saturated heterocycles. The van der Waals surface area contributed by atoms with Gasteiger partial charge in [-0.15, -0.1) is 0 Å². The van der Waals surface area contributed by atoms with Crippen LogP contribution in [-0.4, -0.2) is 30.0 Å². The lowest BCUT2D eigenvalue weighted by molar-refractivity contribution is -0.137. The molecule has 33 heavy (non-hydrogen) atoms. The molecule has 1 N–H and O–H groups in total. The van der Waals surface area contributed by atoms with Gasteiger partial charge in [0.15, 0.2) is 0 Å². The largest absolute Gasteiger partial charge is 0.477 e. The number of rotatable bonds is 4. The minimum atomic E-state index is -4.75. The van der Waals surface area contributed by atoms with Gasteiger partial charge in [-0.05, 0) is 29.8 Å². The van der Waals surface area contributed by atoms with Gasteiger partial charge in [-0.2, -0.15) is 18.3 Å². The molecule has 0 aliphatic rings. The lowest BCUT2D eigenvalue weighted by Gasteiger charge is -2.15. The van der Waals surface area contributed by atoms with E-state index >= 15 is 0 Å². The first-order valence-electron chi connectivity index (χ1n) is 9.35. The van der Waals surface area contributed by atoms with Gasteiger partial charge in [0.25, 0.3) is 5.56 Å². The maximum atomic E-state index is 13.2. The van der Waals surface area contributed by atoms with Crippen molar-refractivity contribution in [3.8, 4) is 5.69 Å². The first-order valence-corrected chi connectivity index (χ1v) is 9.73. The van der Waals surface area contributed by atoms with Crippen molar-refractivity contribution >= 4 is 28.5 Å². The van der Waals surface area contributed by atoms with Crippen LogP contribution in [0, 0.1) is 0 Å². The fraction of sp³-hybridized carbons (Fsp3) is 0.143. The number of aromatic carboxylic acids is 1. The molecular formula is C21H14ClF3N4O4. The molecule has 8 nitrogen and oxygen atoms in total. The molecule has 0 unspecified atom stereocenters. The maximum Gasteiger partial charge on any atom is 0.417 e. The minimum Gasteiger partial charge on any atom is -0.477 e. The second-order valence-electron chi connectivity index (χ2n) is 7.18. The lowest BCUT2D eigenvalue weighted by atomic mass is 10.1. The molecule has 4 aromatic rings. The van der Waals surface area contributed by atoms with Gasteiger partial charge in [0.2, 0.25) is 0 Å². The molecule has 4 rings (SSSR count). The second kappa shape index (κ2) is 7.93. The zero-order valence-corrected chi connectivity index (χ0v) is 17.6. The summed E-state index contributed by atoms with van der Waals surface area (Å²) in [5.41, 5.74) is -3.15. The molecule has 0 bridgehead atoms. The Bertz CT molecular complexity index is 1540. The van der Waals surface area contributed by atoms with Crippen molar-refractivity contribution in [2.75, 3.05) is 0 Å². The van der Waals surface area contributed by atoms with Gasteiger partial charge in [0.05, 0.1) is 34.5 Å². The summed E-state index contributed by atoms with van der Waals surface area (Å²) in [6, 6.07) is 7.84. The number of hydrogen-bond donors (Lipinski definition) is 1. The highest BCUT2D eigenvalue weighted by Gasteiger charge is 2.34. The van der Waals surface area contributed by atoms with Gasteiger partial charge in [-0.3, -0.25) is 18.6 Å². The molecule has 2 aromatic carbocycles. The normalized spacial score (nSPS) is 11.8. The van der Waals surface area contributed by atoms with Gasteiger partial charge in [0, 0.05) is 18.6 Å². The van der Waals surface area contributed by atoms with Crippen LogP contribution >= 0.6 is 11.6 Å². The van der Waals surface area contributed by atoms with Gasteiger partial charge < -0.3 is 5.11 Å². The number of hydrogen-bond acceptors (Lipinski definition) is 4. The van der Waals surface area contributed by atoms with Gasteiger partial charge in [-0.25, -0.2) is 9.59 Å². The molecule has 0 aliphatic heterocycles. The third-order valence-corrected chi connectivity index (χ3v) is 5.57. The predicted molar refractivity (Wildman–Crippen MR) is 113 cm³/mol. The van der Waals surface area contributed by atoms with E-state index in [-0.39, 0.29) is 11.3 Å². The van der Waals surface area contributed by atoms with Crippen LogP contribution in [0.5, 0.6) is 0 Å². The molecule has 0 radical (unpaired) electrons. The van der Waals surface area contributed by atoms with Crippen LogP contribution in [0.3, 0.4) is 0 Å². The quantitative estimate of drug-likeness (QED) is 0.485. The highest BCUT2D eigenvalue weighted by molar-refractivity contribution is 6.32. The SMILES string of the molecule is Cn1ncc2cc(-n3cc(C(=O)O)c(=O)n(Cc4cccc(C(F)(F)F)c4Cl)c3=O)ccc21. The van der Waals surface area contributed by atoms with Crippen molar-refractivity contribution < 1.29 is 23.1 Å². The molecule has 12 heteroatoms. The molecule has 0 fully saturated rings. The lowest BCUT2D eigenvalue weighted by Crippen LogP contribution is -2.42. The van der Waals surface area contributed by atoms with Crippen LogP contribution in [0.2, 0.25) is 5.02 Å². The molecule has 2 heterocycles. The Hall–Kier alpha value is -3.86. The van der Waals surface area contributed by atoms with Crippen molar-refractivity contribution in [2.24, 2.45) is 7.05 Å². The van der Waals surface area contributed by atoms with E-state index < -0.39 is 46.1 Å². The average Bonchev–Trinajstić information content (AvgIpc) is 3.11. The Morgan fingerprint density at radius 1 is 1.18 bits per heavy atom. The first kappa shape index (κ1) is 22.3. The number of aryl methyl sites for hydroxylation is 1. The van der Waals surface area contributed by atoms with Crippen LogP contribution in [-0.2, 0) is 19.8 Å². The number of carboxylic acid groups (broad SMARTS) is 1. The fourth-order valence-corrected chi connectivity index (χ4v) is 3.76. The number of carbonyl (C=O) groups is 1. The Labute approximate surface area is 187 Å². The van der Waals surface area contributed by atoms with E-state index in [1.165, 1.54) is 12.1 Å². The zero-order valence-electron chi connectivity index (χ0n) is 16.8. The van der Waals surface area contributed by atoms with Crippen molar-refractivity contribution in [3.05, 3.63) is 91.3 Å². The van der Waals surface area contributed by atoms with Gasteiger partial charge >= 0.3 is 17.8 Å². The molecule has 0 atom stereocenters. The Balaban J connectivity index is 1.92. The number of halogens is 4. The van der Waals surface area contributed by atoms with E-state index in [1.54, 1.807) is 30.1 Å². The van der Waals surface area contributed by atoms with E-state index in [0.29, 0.717) is 9.95 Å². The summed E-state index contributed by atoms with van der Waals surface area (Å²) >= 11 is 5.91. The fourth-order valence-electron chi connectivity index (χ4n) is 3.47. The number of fused-ring (bicyclic) bond motifs is 1. The summed E-state index contributed by atoms with van der Waals surface area (Å²) in [6.45, 7) is -0.656. The molecule has 170 valence electrons. The van der Waals surface area contributed by atoms with Crippen molar-refractivity contribution in [1.29, 1.82) is 0 Å². The number of alkyl halides is 3. The predicted octanol–water partition coefficient (Wildman–Crippen LogP) is 3.30. The van der Waals surface area contributed by atoms with Crippen LogP contribution in [0.4, 0.5) is 13.2 Å². The van der Waals surface area contributed by atoms with E-state index in [4.69, 9.17) is 11.6 Å². The van der Waals surface area contributed by atoms with Crippen LogP contribution < -0.4 is 11.2 Å². The summed E-state index contributed by atoms with van der Waals surface area (Å²) in [6.07, 6.45) is -2.32. The number of nitrogens with zero attached hydrogens (tertiary/aromatic N) is 4. The molecular weight excluding hydrogens is 465 g/mol. The van der Waals surface area contributed by atoms with E-state index in [1.807, 2.05) is 0 Å². The minimum absolute atomic E-state index is 0.164. The standard InChI is InChI=1S/C21H14ClF3N4O4/c1-27-16-6-5-13(7-12(16)8-26-27)28-10-14(19(31)32)18(30)29(20(28)33)9-11-3-2-4-15(17(11)22)21(23,24)25/h2-8,10H,9H2,1H3,(H,31,32). The van der Waals surface area contributed by atoms with Crippen LogP contribution in [0.15, 0.2) is 58.4 Å². The number of benzene rings is 2. The number of carboxylic acids is 1. The molecule has 2 aromatic heterocycles. The zero-order chi connectivity index (χ0) is 24.1. The van der Waals surface area contributed by atoms with Crippen molar-refractivity contribution in [3.63, 3.8) is 0 Å². The second-order valence-corrected chi connectivity index (χ2v) is 7.56. The summed E-state index contributed by atoms with van der Waals surface area (Å²) in [5.74, 6) is -1.60. The summed E-state index contributed by atoms with van der Waals surface area (Å²) in [5, 5.41) is 13.5. The van der Waals surface area contributed by atoms with E-state index in [9.17, 15) is 32.7 Å². The molecule has 0 saturated carbocycles. The summed E-state index contributed by atoms with van der Waals surface area (Å²) in [4.78, 5) is 37.5. The Morgan fingerprint density at radius 3 is 2.58 bits per heavy atom. The monoisotopic (exact) mass is 478 g/mol. The van der Waals surface area contributed by atoms with Gasteiger partial charge in [0.1, 0.15) is 5.56 Å². The molecule has 0 aliphatic carbocycles. The Kier molecular flexibility index (Phi) is 5.36. The summed E-state index contributed by atoms with van der Waals surface area (Å²) in [7, 11) is 1.72. The average molecular weight is 479 g/mol. The first-order chi connectivity index (χ1) is 15.5. The highest BCUT2D eigenvalue weighted by Crippen LogP contribution is 2.36. The number of aromatic nitrogens is 4. The third-order valence-electron chi connectivity index (χ3n) is 5.12. The smallest absolute Gasteiger partial charge is 0.417 e. The Morgan fingerprint density at radius 2 is 1.91 bits per heavy atom. The highest BCUT2D eigenvalue weighted by atomic mass is 35.5. The van der Waals surface area contributed by atoms with E-state index in [0.717, 1.165) is 28.4 Å².